The predicted octanol–water partition coefficient (Wildman–Crippen LogP) is 4.16. The van der Waals surface area contributed by atoms with Crippen molar-refractivity contribution >= 4 is 17.6 Å². The zero-order chi connectivity index (χ0) is 25.6. The van der Waals surface area contributed by atoms with Crippen molar-refractivity contribution in [2.24, 2.45) is 7.05 Å². The Kier molecular flexibility index (Phi) is 6.02. The van der Waals surface area contributed by atoms with Crippen LogP contribution in [0.25, 0.3) is 0 Å². The van der Waals surface area contributed by atoms with Crippen molar-refractivity contribution in [3.05, 3.63) is 64.9 Å². The molecule has 0 saturated carbocycles. The molecule has 1 saturated heterocycles. The highest BCUT2D eigenvalue weighted by Gasteiger charge is 2.34. The first-order chi connectivity index (χ1) is 17.2. The highest BCUT2D eigenvalue weighted by atomic mass is 19.3. The van der Waals surface area contributed by atoms with Gasteiger partial charge in [-0.25, -0.2) is 17.6 Å². The lowest BCUT2D eigenvalue weighted by atomic mass is 10.0. The van der Waals surface area contributed by atoms with Gasteiger partial charge in [-0.05, 0) is 18.6 Å². The van der Waals surface area contributed by atoms with Crippen molar-refractivity contribution in [3.8, 4) is 17.2 Å². The molecule has 0 aliphatic carbocycles. The molecule has 12 heteroatoms. The van der Waals surface area contributed by atoms with Gasteiger partial charge < -0.3 is 19.7 Å². The van der Waals surface area contributed by atoms with Crippen LogP contribution in [-0.4, -0.2) is 52.1 Å². The van der Waals surface area contributed by atoms with Crippen LogP contribution >= 0.6 is 0 Å². The van der Waals surface area contributed by atoms with Gasteiger partial charge in [-0.3, -0.25) is 14.3 Å². The van der Waals surface area contributed by atoms with Gasteiger partial charge in [0.2, 0.25) is 0 Å². The Morgan fingerprint density at radius 1 is 1.17 bits per heavy atom. The summed E-state index contributed by atoms with van der Waals surface area (Å²) in [6.07, 6.45) is -2.14. The fraction of sp³-hybridized carbons (Fsp3) is 0.292. The molecule has 2 aromatic carbocycles. The highest BCUT2D eigenvalue weighted by Crippen LogP contribution is 2.41. The number of carbonyl (C=O) groups is 2. The summed E-state index contributed by atoms with van der Waals surface area (Å²) >= 11 is 0. The number of hydrogen-bond donors (Lipinski definition) is 1. The summed E-state index contributed by atoms with van der Waals surface area (Å²) in [6.45, 7) is 0.835. The van der Waals surface area contributed by atoms with Gasteiger partial charge in [0.15, 0.2) is 11.9 Å². The maximum atomic E-state index is 14.7. The van der Waals surface area contributed by atoms with E-state index in [2.05, 4.69) is 10.4 Å². The molecule has 2 amide bonds. The molecule has 3 aromatic rings. The fourth-order valence-corrected chi connectivity index (χ4v) is 3.98. The van der Waals surface area contributed by atoms with Crippen LogP contribution in [0.5, 0.6) is 17.2 Å². The molecular formula is C24H20F4N4O4. The summed E-state index contributed by atoms with van der Waals surface area (Å²) in [4.78, 5) is 26.4. The minimum atomic E-state index is -2.81. The van der Waals surface area contributed by atoms with Crippen molar-refractivity contribution in [1.82, 2.24) is 14.7 Å². The van der Waals surface area contributed by atoms with E-state index in [-0.39, 0.29) is 40.6 Å². The Morgan fingerprint density at radius 2 is 1.89 bits per heavy atom. The molecule has 8 nitrogen and oxygen atoms in total. The van der Waals surface area contributed by atoms with E-state index in [4.69, 9.17) is 9.47 Å². The molecule has 1 fully saturated rings. The molecule has 1 unspecified atom stereocenters. The third-order valence-corrected chi connectivity index (χ3v) is 5.95. The molecule has 2 aliphatic heterocycles. The summed E-state index contributed by atoms with van der Waals surface area (Å²) < 4.78 is 68.6. The number of hydrogen-bond acceptors (Lipinski definition) is 5. The molecule has 188 valence electrons. The number of carbonyl (C=O) groups excluding carboxylic acids is 2. The number of nitrogens with one attached hydrogen (secondary N) is 1. The third-order valence-electron chi connectivity index (χ3n) is 5.95. The SMILES string of the molecule is Cn1ccc(NC(=O)c2cc(Oc3cc(F)c(C(=O)N4CCC4)c(F)c3)c3c(c2)OC(C(F)F)C3)n1. The molecule has 0 bridgehead atoms. The average molecular weight is 504 g/mol. The van der Waals surface area contributed by atoms with E-state index >= 15 is 0 Å². The number of fused-ring (bicyclic) bond motifs is 1. The van der Waals surface area contributed by atoms with E-state index in [1.54, 1.807) is 19.3 Å². The van der Waals surface area contributed by atoms with Crippen LogP contribution in [0, 0.1) is 11.6 Å². The Bertz CT molecular complexity index is 1330. The van der Waals surface area contributed by atoms with Crippen LogP contribution in [0.15, 0.2) is 36.5 Å². The number of alkyl halides is 2. The number of benzene rings is 2. The molecule has 1 N–H and O–H groups in total. The van der Waals surface area contributed by atoms with Crippen LogP contribution < -0.4 is 14.8 Å². The van der Waals surface area contributed by atoms with Crippen molar-refractivity contribution in [1.29, 1.82) is 0 Å². The van der Waals surface area contributed by atoms with Gasteiger partial charge in [-0.15, -0.1) is 0 Å². The number of anilines is 1. The minimum absolute atomic E-state index is 0.00477. The Hall–Kier alpha value is -4.09. The van der Waals surface area contributed by atoms with Crippen LogP contribution in [-0.2, 0) is 13.5 Å². The monoisotopic (exact) mass is 504 g/mol. The summed E-state index contributed by atoms with van der Waals surface area (Å²) in [6, 6.07) is 5.79. The van der Waals surface area contributed by atoms with E-state index in [9.17, 15) is 27.2 Å². The third kappa shape index (κ3) is 4.45. The Morgan fingerprint density at radius 3 is 2.47 bits per heavy atom. The average Bonchev–Trinajstić information content (AvgIpc) is 3.38. The van der Waals surface area contributed by atoms with Gasteiger partial charge in [0.05, 0.1) is 0 Å². The number of amides is 2. The maximum Gasteiger partial charge on any atom is 0.275 e. The highest BCUT2D eigenvalue weighted by molar-refractivity contribution is 6.04. The minimum Gasteiger partial charge on any atom is -0.484 e. The number of ether oxygens (including phenoxy) is 2. The second kappa shape index (κ2) is 9.17. The number of halogens is 4. The molecule has 2 aliphatic rings. The summed E-state index contributed by atoms with van der Waals surface area (Å²) in [5.41, 5.74) is -0.483. The molecule has 1 aromatic heterocycles. The van der Waals surface area contributed by atoms with E-state index in [0.717, 1.165) is 18.6 Å². The van der Waals surface area contributed by atoms with Crippen LogP contribution in [0.3, 0.4) is 0 Å². The second-order valence-electron chi connectivity index (χ2n) is 8.48. The van der Waals surface area contributed by atoms with Crippen LogP contribution in [0.4, 0.5) is 23.4 Å². The Balaban J connectivity index is 1.47. The first kappa shape index (κ1) is 23.6. The molecule has 36 heavy (non-hydrogen) atoms. The zero-order valence-corrected chi connectivity index (χ0v) is 18.9. The Labute approximate surface area is 202 Å². The predicted molar refractivity (Wildman–Crippen MR) is 119 cm³/mol. The van der Waals surface area contributed by atoms with Gasteiger partial charge in [-0.1, -0.05) is 0 Å². The van der Waals surface area contributed by atoms with Gasteiger partial charge in [0, 0.05) is 62.1 Å². The van der Waals surface area contributed by atoms with E-state index in [1.165, 1.54) is 21.7 Å². The quantitative estimate of drug-likeness (QED) is 0.510. The van der Waals surface area contributed by atoms with E-state index in [1.807, 2.05) is 0 Å². The van der Waals surface area contributed by atoms with E-state index in [0.29, 0.717) is 13.1 Å². The lowest BCUT2D eigenvalue weighted by molar-refractivity contribution is 0.0245. The molecule has 0 spiro atoms. The van der Waals surface area contributed by atoms with Crippen molar-refractivity contribution in [3.63, 3.8) is 0 Å². The standard InChI is InChI=1S/C24H20F4N4O4/c1-31-6-3-20(30-31)29-23(33)12-7-17(14-11-19(22(27)28)36-18(14)8-12)35-13-9-15(25)21(16(26)10-13)24(34)32-4-2-5-32/h3,6-10,19,22H,2,4-5,11H2,1H3,(H,29,30,33). The van der Waals surface area contributed by atoms with Crippen LogP contribution in [0.1, 0.15) is 32.7 Å². The number of aryl methyl sites for hydroxylation is 1. The number of likely N-dealkylation sites (tertiary alicyclic amines) is 1. The first-order valence-corrected chi connectivity index (χ1v) is 11.1. The zero-order valence-electron chi connectivity index (χ0n) is 18.9. The summed E-state index contributed by atoms with van der Waals surface area (Å²) in [7, 11) is 1.66. The van der Waals surface area contributed by atoms with Crippen LogP contribution in [0.2, 0.25) is 0 Å². The van der Waals surface area contributed by atoms with Gasteiger partial charge in [0.1, 0.15) is 34.4 Å². The summed E-state index contributed by atoms with van der Waals surface area (Å²) in [5.74, 6) is -3.77. The molecule has 3 heterocycles. The maximum absolute atomic E-state index is 14.7. The largest absolute Gasteiger partial charge is 0.484 e. The summed E-state index contributed by atoms with van der Waals surface area (Å²) in [5, 5.41) is 6.61. The molecule has 0 radical (unpaired) electrons. The first-order valence-electron chi connectivity index (χ1n) is 11.1. The van der Waals surface area contributed by atoms with Crippen molar-refractivity contribution in [2.75, 3.05) is 18.4 Å². The second-order valence-corrected chi connectivity index (χ2v) is 8.48. The van der Waals surface area contributed by atoms with Gasteiger partial charge >= 0.3 is 0 Å². The topological polar surface area (TPSA) is 85.7 Å². The number of rotatable bonds is 6. The lowest BCUT2D eigenvalue weighted by Gasteiger charge is -2.31. The van der Waals surface area contributed by atoms with Gasteiger partial charge in [-0.2, -0.15) is 5.10 Å². The molecular weight excluding hydrogens is 484 g/mol. The smallest absolute Gasteiger partial charge is 0.275 e. The number of aromatic nitrogens is 2. The van der Waals surface area contributed by atoms with Crippen molar-refractivity contribution < 1.29 is 36.6 Å². The van der Waals surface area contributed by atoms with Crippen molar-refractivity contribution in [2.45, 2.75) is 25.4 Å². The van der Waals surface area contributed by atoms with Gasteiger partial charge in [0.25, 0.3) is 18.2 Å². The normalized spacial score (nSPS) is 16.4. The lowest BCUT2D eigenvalue weighted by Crippen LogP contribution is -2.42. The van der Waals surface area contributed by atoms with E-state index < -0.39 is 41.5 Å². The number of nitrogens with zero attached hydrogens (tertiary/aromatic N) is 3. The fourth-order valence-electron chi connectivity index (χ4n) is 3.98. The molecule has 1 atom stereocenters. The molecule has 5 rings (SSSR count).